The monoisotopic (exact) mass is 353 g/mol. The summed E-state index contributed by atoms with van der Waals surface area (Å²) in [6.45, 7) is 1.18. The number of piperidine rings is 1. The molecule has 6 heteroatoms. The predicted octanol–water partition coefficient (Wildman–Crippen LogP) is 2.27. The van der Waals surface area contributed by atoms with Crippen LogP contribution in [0, 0.1) is 0 Å². The van der Waals surface area contributed by atoms with Gasteiger partial charge in [0.1, 0.15) is 6.04 Å². The lowest BCUT2D eigenvalue weighted by molar-refractivity contribution is -0.144. The first-order chi connectivity index (χ1) is 12.6. The molecule has 2 atom stereocenters. The Hall–Kier alpha value is -2.73. The number of pyridine rings is 1. The highest BCUT2D eigenvalue weighted by Crippen LogP contribution is 2.24. The fraction of sp³-hybridized carbons (Fsp3) is 0.350. The molecule has 0 unspecified atom stereocenters. The molecule has 0 bridgehead atoms. The quantitative estimate of drug-likeness (QED) is 0.893. The number of benzene rings is 1. The van der Waals surface area contributed by atoms with Crippen molar-refractivity contribution in [1.29, 1.82) is 0 Å². The molecule has 2 heterocycles. The normalized spacial score (nSPS) is 20.2. The van der Waals surface area contributed by atoms with Gasteiger partial charge in [-0.2, -0.15) is 0 Å². The van der Waals surface area contributed by atoms with Crippen molar-refractivity contribution in [2.45, 2.75) is 31.5 Å². The molecule has 136 valence electrons. The second kappa shape index (κ2) is 8.10. The maximum absolute atomic E-state index is 12.7. The number of carbonyl (C=O) groups is 2. The van der Waals surface area contributed by atoms with Crippen LogP contribution in [0.5, 0.6) is 0 Å². The van der Waals surface area contributed by atoms with Gasteiger partial charge in [-0.3, -0.25) is 14.7 Å². The van der Waals surface area contributed by atoms with E-state index in [2.05, 4.69) is 22.0 Å². The van der Waals surface area contributed by atoms with Gasteiger partial charge < -0.3 is 10.0 Å². The van der Waals surface area contributed by atoms with E-state index >= 15 is 0 Å². The van der Waals surface area contributed by atoms with E-state index in [0.717, 1.165) is 13.0 Å². The van der Waals surface area contributed by atoms with Crippen LogP contribution in [0.2, 0.25) is 0 Å². The molecule has 1 amide bonds. The van der Waals surface area contributed by atoms with Crippen molar-refractivity contribution >= 4 is 11.9 Å². The number of rotatable bonds is 5. The number of hydrogen-bond donors (Lipinski definition) is 1. The molecule has 1 saturated heterocycles. The average molecular weight is 353 g/mol. The minimum Gasteiger partial charge on any atom is -0.480 e. The Kier molecular flexibility index (Phi) is 5.63. The molecule has 3 rings (SSSR count). The molecule has 1 N–H and O–H groups in total. The first kappa shape index (κ1) is 18.1. The minimum atomic E-state index is -0.958. The lowest BCUT2D eigenvalue weighted by atomic mass is 9.95. The van der Waals surface area contributed by atoms with Gasteiger partial charge in [0.05, 0.1) is 5.56 Å². The summed E-state index contributed by atoms with van der Waals surface area (Å²) >= 11 is 0. The standard InChI is InChI=1S/C20H23N3O3/c1-22(14-15-6-3-2-4-7-15)17-9-11-23(18(12-17)20(25)26)19(24)16-8-5-10-21-13-16/h2-8,10,13,17-18H,9,11-12,14H2,1H3,(H,25,26)/t17-,18+/m0/s1. The van der Waals surface area contributed by atoms with Gasteiger partial charge in [0.15, 0.2) is 0 Å². The topological polar surface area (TPSA) is 73.7 Å². The number of carboxylic acid groups (broad SMARTS) is 1. The van der Waals surface area contributed by atoms with Crippen LogP contribution in [-0.2, 0) is 11.3 Å². The van der Waals surface area contributed by atoms with Crippen LogP contribution in [0.3, 0.4) is 0 Å². The third-order valence-corrected chi connectivity index (χ3v) is 4.93. The Labute approximate surface area is 153 Å². The van der Waals surface area contributed by atoms with Crippen LogP contribution in [0.25, 0.3) is 0 Å². The molecule has 1 aliphatic rings. The summed E-state index contributed by atoms with van der Waals surface area (Å²) in [5.74, 6) is -1.23. The van der Waals surface area contributed by atoms with Crippen molar-refractivity contribution in [2.24, 2.45) is 0 Å². The molecule has 1 aromatic carbocycles. The highest BCUT2D eigenvalue weighted by atomic mass is 16.4. The highest BCUT2D eigenvalue weighted by Gasteiger charge is 2.37. The number of carbonyl (C=O) groups excluding carboxylic acids is 1. The second-order valence-corrected chi connectivity index (χ2v) is 6.67. The highest BCUT2D eigenvalue weighted by molar-refractivity contribution is 5.96. The Morgan fingerprint density at radius 2 is 2.00 bits per heavy atom. The summed E-state index contributed by atoms with van der Waals surface area (Å²) in [6.07, 6.45) is 4.24. The van der Waals surface area contributed by atoms with Gasteiger partial charge in [0, 0.05) is 31.5 Å². The number of nitrogens with zero attached hydrogens (tertiary/aromatic N) is 3. The second-order valence-electron chi connectivity index (χ2n) is 6.67. The molecule has 1 aliphatic heterocycles. The van der Waals surface area contributed by atoms with Gasteiger partial charge in [-0.15, -0.1) is 0 Å². The smallest absolute Gasteiger partial charge is 0.326 e. The van der Waals surface area contributed by atoms with Crippen molar-refractivity contribution in [3.8, 4) is 0 Å². The summed E-state index contributed by atoms with van der Waals surface area (Å²) in [6, 6.07) is 12.8. The molecule has 0 aliphatic carbocycles. The Morgan fingerprint density at radius 1 is 1.23 bits per heavy atom. The SMILES string of the molecule is CN(Cc1ccccc1)[C@H]1CCN(C(=O)c2cccnc2)[C@@H](C(=O)O)C1. The molecule has 0 radical (unpaired) electrons. The number of amides is 1. The number of hydrogen-bond acceptors (Lipinski definition) is 4. The van der Waals surface area contributed by atoms with E-state index in [1.54, 1.807) is 18.3 Å². The zero-order valence-corrected chi connectivity index (χ0v) is 14.8. The van der Waals surface area contributed by atoms with E-state index in [0.29, 0.717) is 18.5 Å². The molecule has 1 fully saturated rings. The van der Waals surface area contributed by atoms with E-state index in [4.69, 9.17) is 0 Å². The van der Waals surface area contributed by atoms with Crippen molar-refractivity contribution < 1.29 is 14.7 Å². The maximum Gasteiger partial charge on any atom is 0.326 e. The van der Waals surface area contributed by atoms with Crippen LogP contribution in [0.15, 0.2) is 54.9 Å². The van der Waals surface area contributed by atoms with Gasteiger partial charge in [0.25, 0.3) is 5.91 Å². The summed E-state index contributed by atoms with van der Waals surface area (Å²) < 4.78 is 0. The van der Waals surface area contributed by atoms with Crippen molar-refractivity contribution in [1.82, 2.24) is 14.8 Å². The van der Waals surface area contributed by atoms with Crippen molar-refractivity contribution in [3.05, 3.63) is 66.0 Å². The molecule has 6 nitrogen and oxygen atoms in total. The number of likely N-dealkylation sites (tertiary alicyclic amines) is 1. The summed E-state index contributed by atoms with van der Waals surface area (Å²) in [4.78, 5) is 32.1. The molecule has 26 heavy (non-hydrogen) atoms. The van der Waals surface area contributed by atoms with E-state index in [9.17, 15) is 14.7 Å². The van der Waals surface area contributed by atoms with Gasteiger partial charge >= 0.3 is 5.97 Å². The third-order valence-electron chi connectivity index (χ3n) is 4.93. The average Bonchev–Trinajstić information content (AvgIpc) is 2.68. The van der Waals surface area contributed by atoms with Crippen molar-refractivity contribution in [3.63, 3.8) is 0 Å². The Morgan fingerprint density at radius 3 is 2.65 bits per heavy atom. The number of aromatic nitrogens is 1. The zero-order chi connectivity index (χ0) is 18.5. The molecule has 0 spiro atoms. The maximum atomic E-state index is 12.7. The van der Waals surface area contributed by atoms with E-state index in [1.165, 1.54) is 16.7 Å². The van der Waals surface area contributed by atoms with Gasteiger partial charge in [0.2, 0.25) is 0 Å². The zero-order valence-electron chi connectivity index (χ0n) is 14.8. The minimum absolute atomic E-state index is 0.120. The van der Waals surface area contributed by atoms with Crippen LogP contribution in [-0.4, -0.2) is 57.4 Å². The predicted molar refractivity (Wildman–Crippen MR) is 97.6 cm³/mol. The van der Waals surface area contributed by atoms with E-state index in [1.807, 2.05) is 25.2 Å². The lowest BCUT2D eigenvalue weighted by Gasteiger charge is -2.40. The van der Waals surface area contributed by atoms with Crippen LogP contribution in [0.4, 0.5) is 0 Å². The summed E-state index contributed by atoms with van der Waals surface area (Å²) in [7, 11) is 2.01. The van der Waals surface area contributed by atoms with Gasteiger partial charge in [-0.1, -0.05) is 30.3 Å². The Bertz CT molecular complexity index is 751. The van der Waals surface area contributed by atoms with Gasteiger partial charge in [-0.05, 0) is 37.6 Å². The molecule has 2 aromatic rings. The summed E-state index contributed by atoms with van der Waals surface area (Å²) in [5, 5.41) is 9.67. The number of carboxylic acids is 1. The van der Waals surface area contributed by atoms with Crippen LogP contribution >= 0.6 is 0 Å². The molecular weight excluding hydrogens is 330 g/mol. The number of aliphatic carboxylic acids is 1. The fourth-order valence-electron chi connectivity index (χ4n) is 3.48. The Balaban J connectivity index is 1.70. The molecule has 0 saturated carbocycles. The van der Waals surface area contributed by atoms with Gasteiger partial charge in [-0.25, -0.2) is 4.79 Å². The lowest BCUT2D eigenvalue weighted by Crippen LogP contribution is -2.54. The van der Waals surface area contributed by atoms with E-state index < -0.39 is 12.0 Å². The largest absolute Gasteiger partial charge is 0.480 e. The first-order valence-electron chi connectivity index (χ1n) is 8.74. The molecular formula is C20H23N3O3. The summed E-state index contributed by atoms with van der Waals surface area (Å²) in [5.41, 5.74) is 1.62. The van der Waals surface area contributed by atoms with E-state index in [-0.39, 0.29) is 11.9 Å². The third kappa shape index (κ3) is 4.08. The van der Waals surface area contributed by atoms with Crippen LogP contribution in [0.1, 0.15) is 28.8 Å². The first-order valence-corrected chi connectivity index (χ1v) is 8.74. The van der Waals surface area contributed by atoms with Crippen molar-refractivity contribution in [2.75, 3.05) is 13.6 Å². The fourth-order valence-corrected chi connectivity index (χ4v) is 3.48. The van der Waals surface area contributed by atoms with Crippen LogP contribution < -0.4 is 0 Å². The molecule has 1 aromatic heterocycles.